The molecule has 0 amide bonds. The minimum Gasteiger partial charge on any atom is -0.497 e. The summed E-state index contributed by atoms with van der Waals surface area (Å²) >= 11 is 0. The van der Waals surface area contributed by atoms with Crippen LogP contribution in [0.2, 0.25) is 0 Å². The van der Waals surface area contributed by atoms with Gasteiger partial charge in [-0.15, -0.1) is 0 Å². The van der Waals surface area contributed by atoms with Crippen molar-refractivity contribution in [3.05, 3.63) is 168 Å². The quantitative estimate of drug-likeness (QED) is 0.0655. The smallest absolute Gasteiger partial charge is 0.339 e. The van der Waals surface area contributed by atoms with Gasteiger partial charge in [0.15, 0.2) is 0 Å². The molecule has 324 valence electrons. The zero-order valence-corrected chi connectivity index (χ0v) is 36.3. The Morgan fingerprint density at radius 1 is 0.468 bits per heavy atom. The summed E-state index contributed by atoms with van der Waals surface area (Å²) in [5.41, 5.74) is 2.87. The molecule has 15 heteroatoms. The maximum absolute atomic E-state index is 15.1. The first-order valence-electron chi connectivity index (χ1n) is 19.5. The normalized spacial score (nSPS) is 12.5. The Balaban J connectivity index is 1.32. The van der Waals surface area contributed by atoms with Gasteiger partial charge in [-0.25, -0.2) is 0 Å². The molecule has 0 radical (unpaired) electrons. The van der Waals surface area contributed by atoms with Crippen LogP contribution in [0.1, 0.15) is 34.1 Å². The number of hydrogen-bond acceptors (Lipinski definition) is 13. The summed E-state index contributed by atoms with van der Waals surface area (Å²) in [7, 11) is -1.95. The van der Waals surface area contributed by atoms with Gasteiger partial charge in [-0.3, -0.25) is 4.79 Å². The molecular formula is C47H48N2O11S2. The van der Waals surface area contributed by atoms with Crippen molar-refractivity contribution < 1.29 is 48.9 Å². The van der Waals surface area contributed by atoms with E-state index in [1.165, 1.54) is 48.5 Å². The van der Waals surface area contributed by atoms with Crippen LogP contribution in [0.4, 0.5) is 0 Å². The molecule has 0 aliphatic rings. The molecule has 2 unspecified atom stereocenters. The second kappa shape index (κ2) is 20.9. The molecule has 0 aliphatic heterocycles. The molecule has 2 atom stereocenters. The molecule has 0 saturated carbocycles. The van der Waals surface area contributed by atoms with Crippen molar-refractivity contribution >= 4 is 26.0 Å². The van der Waals surface area contributed by atoms with Gasteiger partial charge in [-0.1, -0.05) is 72.8 Å². The van der Waals surface area contributed by atoms with Crippen molar-refractivity contribution in [2.75, 3.05) is 41.5 Å². The molecule has 0 saturated heterocycles. The number of nitrogens with one attached hydrogen (secondary N) is 2. The van der Waals surface area contributed by atoms with Crippen LogP contribution in [0.15, 0.2) is 155 Å². The maximum atomic E-state index is 15.1. The van der Waals surface area contributed by atoms with Gasteiger partial charge in [0, 0.05) is 49.4 Å². The molecule has 13 nitrogen and oxygen atoms in total. The molecule has 0 heterocycles. The Kier molecular flexibility index (Phi) is 15.2. The summed E-state index contributed by atoms with van der Waals surface area (Å²) in [6, 6.07) is 39.4. The predicted molar refractivity (Wildman–Crippen MR) is 234 cm³/mol. The highest BCUT2D eigenvalue weighted by Gasteiger charge is 2.30. The second-order valence-corrected chi connectivity index (χ2v) is 17.1. The van der Waals surface area contributed by atoms with Crippen LogP contribution in [0, 0.1) is 0 Å². The summed E-state index contributed by atoms with van der Waals surface area (Å²) < 4.78 is 84.9. The lowest BCUT2D eigenvalue weighted by Crippen LogP contribution is -2.34. The van der Waals surface area contributed by atoms with Gasteiger partial charge >= 0.3 is 20.2 Å². The van der Waals surface area contributed by atoms with E-state index in [-0.39, 0.29) is 40.2 Å². The fourth-order valence-corrected chi connectivity index (χ4v) is 8.64. The summed E-state index contributed by atoms with van der Waals surface area (Å²) in [6.45, 7) is 1.04. The lowest BCUT2D eigenvalue weighted by Gasteiger charge is -2.25. The van der Waals surface area contributed by atoms with Crippen molar-refractivity contribution in [3.8, 4) is 34.5 Å². The maximum Gasteiger partial charge on any atom is 0.339 e. The van der Waals surface area contributed by atoms with Crippen molar-refractivity contribution in [1.29, 1.82) is 0 Å². The number of rotatable bonds is 22. The number of carbonyl (C=O) groups excluding carboxylic acids is 1. The number of ketones is 1. The average molecular weight is 881 g/mol. The molecular weight excluding hydrogens is 833 g/mol. The largest absolute Gasteiger partial charge is 0.497 e. The monoisotopic (exact) mass is 880 g/mol. The third-order valence-corrected chi connectivity index (χ3v) is 12.6. The summed E-state index contributed by atoms with van der Waals surface area (Å²) in [5.74, 6) is 0.914. The molecule has 0 aliphatic carbocycles. The SMILES string of the molecule is COc1ccc(CNCC(C(=O)C(CNCc2ccc(OC)cc2OC)c2ccc(OS(=O)(=O)c3ccccc3)cc2)c2ccc(OS(=O)(=O)c3ccccc3)cc2)c(OC)c1. The van der Waals surface area contributed by atoms with E-state index in [0.29, 0.717) is 47.2 Å². The molecule has 6 aromatic carbocycles. The topological polar surface area (TPSA) is 165 Å². The van der Waals surface area contributed by atoms with Crippen molar-refractivity contribution in [3.63, 3.8) is 0 Å². The van der Waals surface area contributed by atoms with Gasteiger partial charge in [0.2, 0.25) is 0 Å². The van der Waals surface area contributed by atoms with E-state index in [1.807, 2.05) is 24.3 Å². The lowest BCUT2D eigenvalue weighted by molar-refractivity contribution is -0.121. The van der Waals surface area contributed by atoms with Gasteiger partial charge in [0.05, 0.1) is 40.3 Å². The van der Waals surface area contributed by atoms with Gasteiger partial charge in [0.25, 0.3) is 0 Å². The van der Waals surface area contributed by atoms with Gasteiger partial charge in [0.1, 0.15) is 50.1 Å². The van der Waals surface area contributed by atoms with Crippen LogP contribution < -0.4 is 37.9 Å². The molecule has 0 fully saturated rings. The molecule has 0 aromatic heterocycles. The summed E-state index contributed by atoms with van der Waals surface area (Å²) in [4.78, 5) is 15.1. The molecule has 62 heavy (non-hydrogen) atoms. The predicted octanol–water partition coefficient (Wildman–Crippen LogP) is 7.27. The Morgan fingerprint density at radius 3 is 1.16 bits per heavy atom. The zero-order valence-electron chi connectivity index (χ0n) is 34.6. The minimum atomic E-state index is -4.11. The highest BCUT2D eigenvalue weighted by molar-refractivity contribution is 7.87. The zero-order chi connectivity index (χ0) is 44.1. The van der Waals surface area contributed by atoms with Crippen LogP contribution in [-0.4, -0.2) is 64.1 Å². The molecule has 6 aromatic rings. The standard InChI is InChI=1S/C47H48N2O11S2/c1-55-39-25-19-35(45(27-39)57-3)29-48-31-43(33-15-21-37(22-16-33)59-61(51,52)41-11-7-5-8-12-41)47(50)44(32-49-30-36-20-26-40(56-2)28-46(36)58-4)34-17-23-38(24-18-34)60-62(53,54)42-13-9-6-10-14-42/h5-28,43-44,48-49H,29-32H2,1-4H3. The highest BCUT2D eigenvalue weighted by atomic mass is 32.2. The molecule has 0 spiro atoms. The van der Waals surface area contributed by atoms with Gasteiger partial charge in [-0.05, 0) is 71.8 Å². The van der Waals surface area contributed by atoms with Crippen molar-refractivity contribution in [2.45, 2.75) is 34.7 Å². The van der Waals surface area contributed by atoms with Crippen LogP contribution in [-0.2, 0) is 38.1 Å². The van der Waals surface area contributed by atoms with Crippen LogP contribution in [0.3, 0.4) is 0 Å². The van der Waals surface area contributed by atoms with Crippen LogP contribution in [0.5, 0.6) is 34.5 Å². The third kappa shape index (κ3) is 11.5. The third-order valence-electron chi connectivity index (χ3n) is 10.0. The van der Waals surface area contributed by atoms with E-state index in [0.717, 1.165) is 11.1 Å². The first-order chi connectivity index (χ1) is 29.9. The van der Waals surface area contributed by atoms with E-state index in [1.54, 1.807) is 101 Å². The second-order valence-electron chi connectivity index (χ2n) is 14.0. The lowest BCUT2D eigenvalue weighted by atomic mass is 9.83. The summed E-state index contributed by atoms with van der Waals surface area (Å²) in [5, 5.41) is 6.86. The Bertz CT molecular complexity index is 2450. The number of hydrogen-bond donors (Lipinski definition) is 2. The minimum absolute atomic E-state index is 0.00646. The summed E-state index contributed by atoms with van der Waals surface area (Å²) in [6.07, 6.45) is 0. The number of methoxy groups -OCH3 is 4. The van der Waals surface area contributed by atoms with E-state index in [2.05, 4.69) is 10.6 Å². The average Bonchev–Trinajstić information content (AvgIpc) is 3.30. The number of ether oxygens (including phenoxy) is 4. The molecule has 0 bridgehead atoms. The van der Waals surface area contributed by atoms with E-state index in [9.17, 15) is 16.8 Å². The number of carbonyl (C=O) groups is 1. The Labute approximate surface area is 362 Å². The first kappa shape index (κ1) is 45.1. The number of Topliss-reactive ketones (excluding diaryl/α,β-unsaturated/α-hetero) is 1. The molecule has 6 rings (SSSR count). The van der Waals surface area contributed by atoms with Crippen LogP contribution >= 0.6 is 0 Å². The van der Waals surface area contributed by atoms with E-state index < -0.39 is 32.1 Å². The Morgan fingerprint density at radius 2 is 0.823 bits per heavy atom. The molecule has 2 N–H and O–H groups in total. The highest BCUT2D eigenvalue weighted by Crippen LogP contribution is 2.32. The van der Waals surface area contributed by atoms with E-state index >= 15 is 4.79 Å². The fraction of sp³-hybridized carbons (Fsp3) is 0.213. The van der Waals surface area contributed by atoms with Crippen molar-refractivity contribution in [2.24, 2.45) is 0 Å². The van der Waals surface area contributed by atoms with Crippen LogP contribution in [0.25, 0.3) is 0 Å². The van der Waals surface area contributed by atoms with E-state index in [4.69, 9.17) is 27.3 Å². The fourth-order valence-electron chi connectivity index (χ4n) is 6.74. The number of benzene rings is 6. The van der Waals surface area contributed by atoms with Gasteiger partial charge in [-0.2, -0.15) is 16.8 Å². The van der Waals surface area contributed by atoms with Gasteiger partial charge < -0.3 is 37.9 Å². The Hall–Kier alpha value is -6.39. The van der Waals surface area contributed by atoms with Crippen molar-refractivity contribution in [1.82, 2.24) is 10.6 Å². The first-order valence-corrected chi connectivity index (χ1v) is 22.3.